The van der Waals surface area contributed by atoms with Gasteiger partial charge in [-0.05, 0) is 31.6 Å². The van der Waals surface area contributed by atoms with Crippen LogP contribution in [0.2, 0.25) is 0 Å². The highest BCUT2D eigenvalue weighted by Gasteiger charge is 2.75. The second kappa shape index (κ2) is 7.89. The number of allylic oxidation sites excluding steroid dienone is 2. The topological polar surface area (TPSA) is 116 Å². The molecule has 0 spiro atoms. The fourth-order valence-electron chi connectivity index (χ4n) is 9.13. The van der Waals surface area contributed by atoms with Crippen LogP contribution in [0.4, 0.5) is 0 Å². The molecule has 0 aromatic carbocycles. The van der Waals surface area contributed by atoms with Crippen molar-refractivity contribution in [3.63, 3.8) is 0 Å². The molecule has 4 fully saturated rings. The third-order valence-electron chi connectivity index (χ3n) is 10.5. The van der Waals surface area contributed by atoms with Crippen LogP contribution in [0.25, 0.3) is 0 Å². The number of cyclic esters (lactones) is 1. The molecule has 0 radical (unpaired) electrons. The van der Waals surface area contributed by atoms with Gasteiger partial charge in [-0.2, -0.15) is 0 Å². The number of rotatable bonds is 3. The minimum atomic E-state index is -0.781. The summed E-state index contributed by atoms with van der Waals surface area (Å²) in [5.41, 5.74) is -1.12. The molecule has 1 N–H and O–H groups in total. The van der Waals surface area contributed by atoms with Gasteiger partial charge in [-0.25, -0.2) is 0 Å². The molecule has 2 heterocycles. The summed E-state index contributed by atoms with van der Waals surface area (Å²) >= 11 is 0. The number of Topliss-reactive ketones (excluding diaryl/α,β-unsaturated/α-hetero) is 1. The highest BCUT2D eigenvalue weighted by atomic mass is 16.6. The molecule has 5 aliphatic rings. The third-order valence-corrected chi connectivity index (χ3v) is 10.5. The number of carbonyl (C=O) groups excluding carboxylic acids is 4. The molecule has 8 nitrogen and oxygen atoms in total. The van der Waals surface area contributed by atoms with Gasteiger partial charge in [-0.3, -0.25) is 19.2 Å². The summed E-state index contributed by atoms with van der Waals surface area (Å²) < 4.78 is 17.8. The molecule has 2 saturated carbocycles. The van der Waals surface area contributed by atoms with Crippen molar-refractivity contribution in [3.8, 4) is 0 Å². The minimum Gasteiger partial charge on any atom is -0.462 e. The molecule has 0 amide bonds. The molecule has 8 heteroatoms. The Morgan fingerprint density at radius 2 is 1.83 bits per heavy atom. The number of esters is 3. The van der Waals surface area contributed by atoms with Gasteiger partial charge in [0, 0.05) is 47.8 Å². The number of ether oxygens (including phenoxy) is 3. The number of carbonyl (C=O) groups is 4. The van der Waals surface area contributed by atoms with E-state index in [1.54, 1.807) is 0 Å². The number of hydrogen-bond acceptors (Lipinski definition) is 8. The maximum absolute atomic E-state index is 13.7. The van der Waals surface area contributed by atoms with Crippen LogP contribution in [0.5, 0.6) is 0 Å². The average Bonchev–Trinajstić information content (AvgIpc) is 3.16. The summed E-state index contributed by atoms with van der Waals surface area (Å²) in [6.45, 7) is 9.24. The zero-order valence-electron chi connectivity index (χ0n) is 21.2. The molecule has 0 aromatic heterocycles. The molecular weight excluding hydrogens is 452 g/mol. The van der Waals surface area contributed by atoms with E-state index in [1.807, 2.05) is 26.8 Å². The summed E-state index contributed by atoms with van der Waals surface area (Å²) in [5.74, 6) is -2.16. The van der Waals surface area contributed by atoms with Crippen molar-refractivity contribution >= 4 is 23.7 Å². The Balaban J connectivity index is 1.71. The van der Waals surface area contributed by atoms with Gasteiger partial charge in [0.1, 0.15) is 24.1 Å². The van der Waals surface area contributed by atoms with Crippen LogP contribution in [-0.4, -0.2) is 53.7 Å². The number of ketones is 1. The zero-order valence-corrected chi connectivity index (χ0v) is 21.2. The van der Waals surface area contributed by atoms with E-state index in [-0.39, 0.29) is 54.9 Å². The first-order valence-corrected chi connectivity index (χ1v) is 12.7. The minimum absolute atomic E-state index is 0.109. The summed E-state index contributed by atoms with van der Waals surface area (Å²) in [6, 6.07) is 0. The van der Waals surface area contributed by atoms with E-state index >= 15 is 0 Å². The van der Waals surface area contributed by atoms with Gasteiger partial charge < -0.3 is 19.3 Å². The van der Waals surface area contributed by atoms with Gasteiger partial charge in [0.05, 0.1) is 13.0 Å². The molecule has 0 unspecified atom stereocenters. The van der Waals surface area contributed by atoms with Crippen molar-refractivity contribution in [3.05, 3.63) is 11.6 Å². The highest BCUT2D eigenvalue weighted by Crippen LogP contribution is 2.71. The maximum atomic E-state index is 13.7. The zero-order chi connectivity index (χ0) is 25.5. The lowest BCUT2D eigenvalue weighted by Gasteiger charge is -2.70. The lowest BCUT2D eigenvalue weighted by atomic mass is 9.36. The average molecular weight is 489 g/mol. The van der Waals surface area contributed by atoms with Crippen molar-refractivity contribution in [1.29, 1.82) is 0 Å². The Morgan fingerprint density at radius 3 is 2.49 bits per heavy atom. The second-order valence-corrected chi connectivity index (χ2v) is 12.1. The lowest BCUT2D eigenvalue weighted by Crippen LogP contribution is -2.73. The van der Waals surface area contributed by atoms with Gasteiger partial charge in [-0.1, -0.05) is 32.4 Å². The first-order chi connectivity index (χ1) is 16.4. The largest absolute Gasteiger partial charge is 0.462 e. The number of aliphatic hydroxyl groups excluding tert-OH is 1. The van der Waals surface area contributed by atoms with Crippen LogP contribution in [0, 0.1) is 39.9 Å². The third kappa shape index (κ3) is 3.20. The Labute approximate surface area is 205 Å². The molecule has 2 saturated heterocycles. The summed E-state index contributed by atoms with van der Waals surface area (Å²) in [4.78, 5) is 51.3. The first kappa shape index (κ1) is 24.5. The van der Waals surface area contributed by atoms with Gasteiger partial charge in [0.25, 0.3) is 0 Å². The maximum Gasteiger partial charge on any atom is 0.306 e. The van der Waals surface area contributed by atoms with Crippen LogP contribution in [0.15, 0.2) is 11.6 Å². The highest BCUT2D eigenvalue weighted by molar-refractivity contribution is 5.89. The molecule has 35 heavy (non-hydrogen) atoms. The molecule has 192 valence electrons. The Morgan fingerprint density at radius 1 is 1.14 bits per heavy atom. The number of fused-ring (bicyclic) bond motifs is 2. The summed E-state index contributed by atoms with van der Waals surface area (Å²) in [6.07, 6.45) is 1.69. The van der Waals surface area contributed by atoms with E-state index < -0.39 is 46.4 Å². The van der Waals surface area contributed by atoms with Crippen LogP contribution < -0.4 is 0 Å². The monoisotopic (exact) mass is 488 g/mol. The number of aliphatic hydroxyl groups is 1. The summed E-state index contributed by atoms with van der Waals surface area (Å²) in [5, 5.41) is 10.1. The molecule has 5 rings (SSSR count). The molecule has 0 bridgehead atoms. The van der Waals surface area contributed by atoms with Gasteiger partial charge >= 0.3 is 17.9 Å². The number of hydrogen-bond donors (Lipinski definition) is 1. The predicted molar refractivity (Wildman–Crippen MR) is 123 cm³/mol. The molecule has 3 aliphatic carbocycles. The van der Waals surface area contributed by atoms with Crippen molar-refractivity contribution in [2.24, 2.45) is 39.9 Å². The predicted octanol–water partition coefficient (Wildman–Crippen LogP) is 2.75. The van der Waals surface area contributed by atoms with E-state index in [0.29, 0.717) is 19.3 Å². The van der Waals surface area contributed by atoms with E-state index in [2.05, 4.69) is 6.92 Å². The fraction of sp³-hybridized carbons (Fsp3) is 0.778. The van der Waals surface area contributed by atoms with E-state index in [9.17, 15) is 24.3 Å². The van der Waals surface area contributed by atoms with Crippen LogP contribution in [0.3, 0.4) is 0 Å². The standard InChI is InChI=1S/C27H36O8/c1-13-6-7-19(30)26(4)16(13)9-20-27(5)18(10-22(32)34-20)25(3,11-17(23(26)27)33-14(2)29)24-15(12-28)8-21(31)35-24/h6,15-18,20,23-24,28H,7-12H2,1-5H3/t15-,16+,17-,18+,20-,23-,24-,25-,26-,27-/m1/s1. The molecular formula is C27H36O8. The van der Waals surface area contributed by atoms with Gasteiger partial charge in [-0.15, -0.1) is 0 Å². The second-order valence-electron chi connectivity index (χ2n) is 12.1. The van der Waals surface area contributed by atoms with Crippen molar-refractivity contribution in [2.45, 2.75) is 85.0 Å². The quantitative estimate of drug-likeness (QED) is 0.366. The lowest BCUT2D eigenvalue weighted by molar-refractivity contribution is -0.281. The Bertz CT molecular complexity index is 1020. The van der Waals surface area contributed by atoms with Gasteiger partial charge in [0.15, 0.2) is 0 Å². The van der Waals surface area contributed by atoms with Crippen molar-refractivity contribution < 1.29 is 38.5 Å². The molecule has 0 aromatic rings. The van der Waals surface area contributed by atoms with Crippen molar-refractivity contribution in [2.75, 3.05) is 6.61 Å². The molecule has 2 aliphatic heterocycles. The molecule has 10 atom stereocenters. The smallest absolute Gasteiger partial charge is 0.306 e. The van der Waals surface area contributed by atoms with Crippen LogP contribution in [-0.2, 0) is 33.4 Å². The van der Waals surface area contributed by atoms with Crippen LogP contribution >= 0.6 is 0 Å². The Hall–Kier alpha value is -2.22. The Kier molecular flexibility index (Phi) is 5.52. The SMILES string of the molecule is CC(=O)O[C@@H]1C[C@@](C)([C@@H]2OC(=O)C[C@@H]2CO)[C@@H]2CC(=O)O[C@@H]3C[C@H]4C(C)=CCC(=O)[C@]4(C)[C@@H]1[C@@]32C. The normalized spacial score (nSPS) is 48.8. The van der Waals surface area contributed by atoms with E-state index in [4.69, 9.17) is 14.2 Å². The first-order valence-electron chi connectivity index (χ1n) is 12.7. The summed E-state index contributed by atoms with van der Waals surface area (Å²) in [7, 11) is 0. The van der Waals surface area contributed by atoms with Crippen molar-refractivity contribution in [1.82, 2.24) is 0 Å². The fourth-order valence-corrected chi connectivity index (χ4v) is 9.13. The van der Waals surface area contributed by atoms with E-state index in [0.717, 1.165) is 5.57 Å². The van der Waals surface area contributed by atoms with Gasteiger partial charge in [0.2, 0.25) is 0 Å². The van der Waals surface area contributed by atoms with E-state index in [1.165, 1.54) is 6.92 Å². The van der Waals surface area contributed by atoms with Crippen LogP contribution in [0.1, 0.15) is 66.7 Å².